The van der Waals surface area contributed by atoms with E-state index in [2.05, 4.69) is 17.2 Å². The van der Waals surface area contributed by atoms with Gasteiger partial charge in [-0.1, -0.05) is 12.2 Å². The second kappa shape index (κ2) is 4.01. The van der Waals surface area contributed by atoms with E-state index in [0.717, 1.165) is 16.9 Å². The van der Waals surface area contributed by atoms with Gasteiger partial charge in [-0.3, -0.25) is 0 Å². The minimum Gasteiger partial charge on any atom is -0.389 e. The minimum absolute atomic E-state index is 0.167. The van der Waals surface area contributed by atoms with E-state index >= 15 is 0 Å². The number of aryl methyl sites for hydroxylation is 1. The topological polar surface area (TPSA) is 50.9 Å². The van der Waals surface area contributed by atoms with Crippen LogP contribution in [0.5, 0.6) is 0 Å². The summed E-state index contributed by atoms with van der Waals surface area (Å²) in [5.74, 6) is 0.828. The third-order valence-electron chi connectivity index (χ3n) is 3.28. The summed E-state index contributed by atoms with van der Waals surface area (Å²) in [4.78, 5) is 4.76. The number of thiocarbonyl (C=S) groups is 1. The molecule has 1 saturated carbocycles. The first-order valence-electron chi connectivity index (χ1n) is 5.55. The Kier molecular flexibility index (Phi) is 2.84. The van der Waals surface area contributed by atoms with Crippen LogP contribution in [0.15, 0.2) is 12.3 Å². The van der Waals surface area contributed by atoms with E-state index < -0.39 is 0 Å². The fraction of sp³-hybridized carbons (Fsp3) is 0.500. The molecule has 3 nitrogen and oxygen atoms in total. The highest BCUT2D eigenvalue weighted by molar-refractivity contribution is 7.80. The van der Waals surface area contributed by atoms with Crippen LogP contribution in [-0.2, 0) is 0 Å². The zero-order valence-corrected chi connectivity index (χ0v) is 10.5. The van der Waals surface area contributed by atoms with Crippen LogP contribution in [0.25, 0.3) is 0 Å². The number of rotatable bonds is 3. The number of pyridine rings is 1. The smallest absolute Gasteiger partial charge is 0.136 e. The Morgan fingerprint density at radius 2 is 2.25 bits per heavy atom. The average molecular weight is 235 g/mol. The van der Waals surface area contributed by atoms with Crippen LogP contribution < -0.4 is 11.1 Å². The van der Waals surface area contributed by atoms with Crippen molar-refractivity contribution >= 4 is 23.0 Å². The standard InChI is InChI=1S/C12H17N3S/c1-8-4-7-14-11(9(8)10(13)16)15-12(2)5-3-6-12/h4,7H,3,5-6H2,1-2H3,(H2,13,16)(H,14,15). The first kappa shape index (κ1) is 11.3. The van der Waals surface area contributed by atoms with Crippen LogP contribution >= 0.6 is 12.2 Å². The summed E-state index contributed by atoms with van der Waals surface area (Å²) in [7, 11) is 0. The Bertz CT molecular complexity index is 424. The van der Waals surface area contributed by atoms with E-state index in [1.54, 1.807) is 6.20 Å². The Balaban J connectivity index is 2.32. The second-order valence-corrected chi connectivity index (χ2v) is 5.19. The first-order chi connectivity index (χ1) is 7.52. The van der Waals surface area contributed by atoms with Crippen molar-refractivity contribution in [2.75, 3.05) is 5.32 Å². The van der Waals surface area contributed by atoms with Crippen molar-refractivity contribution in [3.63, 3.8) is 0 Å². The second-order valence-electron chi connectivity index (χ2n) is 4.75. The number of aromatic nitrogens is 1. The maximum Gasteiger partial charge on any atom is 0.136 e. The molecule has 0 unspecified atom stereocenters. The Morgan fingerprint density at radius 1 is 1.56 bits per heavy atom. The molecule has 1 aromatic heterocycles. The SMILES string of the molecule is Cc1ccnc(NC2(C)CCC2)c1C(N)=S. The third-order valence-corrected chi connectivity index (χ3v) is 3.49. The highest BCUT2D eigenvalue weighted by Crippen LogP contribution is 2.35. The van der Waals surface area contributed by atoms with Crippen LogP contribution in [0, 0.1) is 6.92 Å². The quantitative estimate of drug-likeness (QED) is 0.790. The molecule has 86 valence electrons. The van der Waals surface area contributed by atoms with Crippen LogP contribution in [0.1, 0.15) is 37.3 Å². The van der Waals surface area contributed by atoms with E-state index in [0.29, 0.717) is 4.99 Å². The Hall–Kier alpha value is -1.16. The fourth-order valence-corrected chi connectivity index (χ4v) is 2.34. The van der Waals surface area contributed by atoms with Gasteiger partial charge in [0.1, 0.15) is 10.8 Å². The largest absolute Gasteiger partial charge is 0.389 e. The van der Waals surface area contributed by atoms with Crippen molar-refractivity contribution in [1.29, 1.82) is 0 Å². The summed E-state index contributed by atoms with van der Waals surface area (Å²) in [5, 5.41) is 3.47. The molecule has 0 amide bonds. The molecule has 1 aliphatic rings. The monoisotopic (exact) mass is 235 g/mol. The predicted molar refractivity (Wildman–Crippen MR) is 70.7 cm³/mol. The zero-order chi connectivity index (χ0) is 11.8. The molecule has 1 aliphatic carbocycles. The molecule has 0 aromatic carbocycles. The molecule has 1 heterocycles. The van der Waals surface area contributed by atoms with Crippen molar-refractivity contribution < 1.29 is 0 Å². The molecule has 16 heavy (non-hydrogen) atoms. The molecular formula is C12H17N3S. The molecule has 2 rings (SSSR count). The van der Waals surface area contributed by atoms with E-state index in [-0.39, 0.29) is 5.54 Å². The van der Waals surface area contributed by atoms with E-state index in [1.807, 2.05) is 13.0 Å². The number of nitrogens with one attached hydrogen (secondary N) is 1. The summed E-state index contributed by atoms with van der Waals surface area (Å²) < 4.78 is 0. The van der Waals surface area contributed by atoms with Crippen LogP contribution in [0.2, 0.25) is 0 Å². The van der Waals surface area contributed by atoms with Gasteiger partial charge >= 0.3 is 0 Å². The van der Waals surface area contributed by atoms with Gasteiger partial charge in [0.2, 0.25) is 0 Å². The normalized spacial score (nSPS) is 17.6. The highest BCUT2D eigenvalue weighted by Gasteiger charge is 2.32. The lowest BCUT2D eigenvalue weighted by atomic mass is 9.78. The summed E-state index contributed by atoms with van der Waals surface area (Å²) in [6.45, 7) is 4.22. The van der Waals surface area contributed by atoms with Gasteiger partial charge in [0.05, 0.1) is 5.56 Å². The summed E-state index contributed by atoms with van der Waals surface area (Å²) in [6.07, 6.45) is 5.43. The van der Waals surface area contributed by atoms with Crippen LogP contribution in [0.3, 0.4) is 0 Å². The lowest BCUT2D eigenvalue weighted by Crippen LogP contribution is -2.42. The van der Waals surface area contributed by atoms with Gasteiger partial charge in [-0.15, -0.1) is 0 Å². The minimum atomic E-state index is 0.167. The lowest BCUT2D eigenvalue weighted by Gasteiger charge is -2.40. The van der Waals surface area contributed by atoms with Gasteiger partial charge in [0.15, 0.2) is 0 Å². The Labute approximate surface area is 101 Å². The van der Waals surface area contributed by atoms with Crippen LogP contribution in [0.4, 0.5) is 5.82 Å². The first-order valence-corrected chi connectivity index (χ1v) is 5.96. The lowest BCUT2D eigenvalue weighted by molar-refractivity contribution is 0.305. The number of hydrogen-bond donors (Lipinski definition) is 2. The average Bonchev–Trinajstić information content (AvgIpc) is 2.14. The van der Waals surface area contributed by atoms with Gasteiger partial charge in [-0.2, -0.15) is 0 Å². The van der Waals surface area contributed by atoms with Crippen molar-refractivity contribution in [3.8, 4) is 0 Å². The van der Waals surface area contributed by atoms with E-state index in [1.165, 1.54) is 19.3 Å². The maximum absolute atomic E-state index is 5.75. The van der Waals surface area contributed by atoms with Crippen molar-refractivity contribution in [2.45, 2.75) is 38.6 Å². The zero-order valence-electron chi connectivity index (χ0n) is 9.71. The number of nitrogens with two attached hydrogens (primary N) is 1. The number of anilines is 1. The predicted octanol–water partition coefficient (Wildman–Crippen LogP) is 2.38. The van der Waals surface area contributed by atoms with Gasteiger partial charge < -0.3 is 11.1 Å². The third kappa shape index (κ3) is 2.02. The molecule has 4 heteroatoms. The molecule has 0 spiro atoms. The van der Waals surface area contributed by atoms with Gasteiger partial charge in [0.25, 0.3) is 0 Å². The highest BCUT2D eigenvalue weighted by atomic mass is 32.1. The molecule has 0 bridgehead atoms. The molecule has 1 fully saturated rings. The van der Waals surface area contributed by atoms with E-state index in [9.17, 15) is 0 Å². The molecule has 0 aliphatic heterocycles. The van der Waals surface area contributed by atoms with Crippen molar-refractivity contribution in [2.24, 2.45) is 5.73 Å². The molecule has 3 N–H and O–H groups in total. The van der Waals surface area contributed by atoms with Crippen LogP contribution in [-0.4, -0.2) is 15.5 Å². The Morgan fingerprint density at radius 3 is 2.75 bits per heavy atom. The molecule has 0 radical (unpaired) electrons. The number of hydrogen-bond acceptors (Lipinski definition) is 3. The maximum atomic E-state index is 5.75. The van der Waals surface area contributed by atoms with Gasteiger partial charge in [0, 0.05) is 11.7 Å². The summed E-state index contributed by atoms with van der Waals surface area (Å²) in [6, 6.07) is 1.93. The molecular weight excluding hydrogens is 218 g/mol. The van der Waals surface area contributed by atoms with Gasteiger partial charge in [-0.25, -0.2) is 4.98 Å². The van der Waals surface area contributed by atoms with Gasteiger partial charge in [-0.05, 0) is 44.7 Å². The summed E-state index contributed by atoms with van der Waals surface area (Å²) >= 11 is 5.08. The van der Waals surface area contributed by atoms with Crippen molar-refractivity contribution in [3.05, 3.63) is 23.4 Å². The fourth-order valence-electron chi connectivity index (χ4n) is 2.08. The van der Waals surface area contributed by atoms with Crippen molar-refractivity contribution in [1.82, 2.24) is 4.98 Å². The molecule has 0 saturated heterocycles. The number of nitrogens with zero attached hydrogens (tertiary/aromatic N) is 1. The molecule has 1 aromatic rings. The molecule has 0 atom stereocenters. The summed E-state index contributed by atoms with van der Waals surface area (Å²) in [5.41, 5.74) is 7.87. The van der Waals surface area contributed by atoms with E-state index in [4.69, 9.17) is 18.0 Å².